The van der Waals surface area contributed by atoms with Crippen LogP contribution in [0.3, 0.4) is 0 Å². The number of benzene rings is 1. The molecule has 2 unspecified atom stereocenters. The Morgan fingerprint density at radius 3 is 2.43 bits per heavy atom. The predicted octanol–water partition coefficient (Wildman–Crippen LogP) is 2.30. The molecule has 1 aromatic carbocycles. The van der Waals surface area contributed by atoms with Gasteiger partial charge in [-0.3, -0.25) is 14.5 Å². The summed E-state index contributed by atoms with van der Waals surface area (Å²) in [5.41, 5.74) is 6.88. The van der Waals surface area contributed by atoms with Crippen molar-refractivity contribution in [1.82, 2.24) is 10.2 Å². The number of carbonyl (C=O) groups is 3. The number of ether oxygens (including phenoxy) is 1. The van der Waals surface area contributed by atoms with Crippen LogP contribution in [0.4, 0.5) is 4.79 Å². The molecule has 3 amide bonds. The number of nitrogens with two attached hydrogens (primary N) is 1. The standard InChI is InChI=1S/C21H31N3O4/c1-14-8-10-15(11-9-14)13-16(18(22)25)23-19(26)17-7-5-6-12-24(17)20(27)28-21(2,3)4/h8-11,16-17H,5-7,12-13H2,1-4H3,(H2,22,25)(H,23,26). The molecule has 0 saturated carbocycles. The summed E-state index contributed by atoms with van der Waals surface area (Å²) in [7, 11) is 0. The molecule has 0 aromatic heterocycles. The van der Waals surface area contributed by atoms with E-state index >= 15 is 0 Å². The number of nitrogens with zero attached hydrogens (tertiary/aromatic N) is 1. The molecule has 0 aliphatic carbocycles. The highest BCUT2D eigenvalue weighted by Crippen LogP contribution is 2.21. The topological polar surface area (TPSA) is 102 Å². The maximum absolute atomic E-state index is 12.9. The molecular formula is C21H31N3O4. The molecule has 7 heteroatoms. The minimum absolute atomic E-state index is 0.306. The van der Waals surface area contributed by atoms with Crippen molar-refractivity contribution in [1.29, 1.82) is 0 Å². The van der Waals surface area contributed by atoms with Gasteiger partial charge in [-0.05, 0) is 52.5 Å². The second kappa shape index (κ2) is 9.08. The summed E-state index contributed by atoms with van der Waals surface area (Å²) in [6.07, 6.45) is 1.96. The third-order valence-electron chi connectivity index (χ3n) is 4.65. The lowest BCUT2D eigenvalue weighted by Gasteiger charge is -2.36. The van der Waals surface area contributed by atoms with E-state index in [1.807, 2.05) is 31.2 Å². The van der Waals surface area contributed by atoms with Gasteiger partial charge in [0.05, 0.1) is 0 Å². The lowest BCUT2D eigenvalue weighted by atomic mass is 10.00. The van der Waals surface area contributed by atoms with Crippen molar-refractivity contribution in [2.24, 2.45) is 5.73 Å². The van der Waals surface area contributed by atoms with Crippen LogP contribution in [0.25, 0.3) is 0 Å². The Morgan fingerprint density at radius 1 is 1.21 bits per heavy atom. The molecule has 3 N–H and O–H groups in total. The quantitative estimate of drug-likeness (QED) is 0.807. The first-order chi connectivity index (χ1) is 13.1. The number of aryl methyl sites for hydroxylation is 1. The molecule has 2 atom stereocenters. The van der Waals surface area contributed by atoms with E-state index < -0.39 is 29.7 Å². The highest BCUT2D eigenvalue weighted by atomic mass is 16.6. The first kappa shape index (κ1) is 21.7. The van der Waals surface area contributed by atoms with Gasteiger partial charge in [-0.25, -0.2) is 4.79 Å². The van der Waals surface area contributed by atoms with E-state index in [4.69, 9.17) is 10.5 Å². The average Bonchev–Trinajstić information content (AvgIpc) is 2.61. The Morgan fingerprint density at radius 2 is 1.86 bits per heavy atom. The molecule has 0 bridgehead atoms. The average molecular weight is 389 g/mol. The minimum atomic E-state index is -0.836. The zero-order chi connectivity index (χ0) is 20.9. The molecule has 154 valence electrons. The molecule has 1 heterocycles. The number of amides is 3. The molecule has 1 saturated heterocycles. The second-order valence-electron chi connectivity index (χ2n) is 8.34. The van der Waals surface area contributed by atoms with E-state index in [1.165, 1.54) is 4.90 Å². The van der Waals surface area contributed by atoms with Gasteiger partial charge in [-0.2, -0.15) is 0 Å². The van der Waals surface area contributed by atoms with Gasteiger partial charge in [0.25, 0.3) is 0 Å². The van der Waals surface area contributed by atoms with Crippen molar-refractivity contribution in [2.45, 2.75) is 71.1 Å². The lowest BCUT2D eigenvalue weighted by Crippen LogP contribution is -2.56. The number of likely N-dealkylation sites (tertiary alicyclic amines) is 1. The molecule has 1 aliphatic heterocycles. The fraction of sp³-hybridized carbons (Fsp3) is 0.571. The summed E-state index contributed by atoms with van der Waals surface area (Å²) < 4.78 is 5.43. The largest absolute Gasteiger partial charge is 0.444 e. The van der Waals surface area contributed by atoms with Crippen LogP contribution in [0.15, 0.2) is 24.3 Å². The van der Waals surface area contributed by atoms with E-state index in [9.17, 15) is 14.4 Å². The molecular weight excluding hydrogens is 358 g/mol. The van der Waals surface area contributed by atoms with Crippen LogP contribution in [-0.2, 0) is 20.7 Å². The zero-order valence-corrected chi connectivity index (χ0v) is 17.2. The molecule has 28 heavy (non-hydrogen) atoms. The van der Waals surface area contributed by atoms with Crippen LogP contribution in [-0.4, -0.2) is 47.0 Å². The van der Waals surface area contributed by atoms with Crippen LogP contribution in [0, 0.1) is 6.92 Å². The van der Waals surface area contributed by atoms with Gasteiger partial charge in [0, 0.05) is 13.0 Å². The van der Waals surface area contributed by atoms with Crippen molar-refractivity contribution in [3.63, 3.8) is 0 Å². The fourth-order valence-corrected chi connectivity index (χ4v) is 3.19. The minimum Gasteiger partial charge on any atom is -0.444 e. The van der Waals surface area contributed by atoms with Gasteiger partial charge in [-0.1, -0.05) is 29.8 Å². The van der Waals surface area contributed by atoms with Crippen molar-refractivity contribution in [2.75, 3.05) is 6.54 Å². The SMILES string of the molecule is Cc1ccc(CC(NC(=O)C2CCCCN2C(=O)OC(C)(C)C)C(N)=O)cc1. The monoisotopic (exact) mass is 389 g/mol. The van der Waals surface area contributed by atoms with Gasteiger partial charge in [0.1, 0.15) is 17.7 Å². The molecule has 1 aromatic rings. The maximum Gasteiger partial charge on any atom is 0.410 e. The highest BCUT2D eigenvalue weighted by molar-refractivity contribution is 5.91. The lowest BCUT2D eigenvalue weighted by molar-refractivity contribution is -0.131. The Hall–Kier alpha value is -2.57. The van der Waals surface area contributed by atoms with Gasteiger partial charge < -0.3 is 15.8 Å². The Balaban J connectivity index is 2.08. The number of rotatable bonds is 5. The summed E-state index contributed by atoms with van der Waals surface area (Å²) in [4.78, 5) is 38.7. The number of carbonyl (C=O) groups excluding carboxylic acids is 3. The zero-order valence-electron chi connectivity index (χ0n) is 17.2. The Labute approximate surface area is 166 Å². The maximum atomic E-state index is 12.9. The molecule has 1 aliphatic rings. The number of primary amides is 1. The van der Waals surface area contributed by atoms with E-state index in [-0.39, 0.29) is 5.91 Å². The van der Waals surface area contributed by atoms with Crippen LogP contribution in [0.1, 0.15) is 51.2 Å². The number of hydrogen-bond donors (Lipinski definition) is 2. The summed E-state index contributed by atoms with van der Waals surface area (Å²) >= 11 is 0. The van der Waals surface area contributed by atoms with E-state index in [0.717, 1.165) is 24.0 Å². The predicted molar refractivity (Wildman–Crippen MR) is 107 cm³/mol. The van der Waals surface area contributed by atoms with Crippen molar-refractivity contribution < 1.29 is 19.1 Å². The summed E-state index contributed by atoms with van der Waals surface area (Å²) in [5.74, 6) is -0.977. The Kier molecular flexibility index (Phi) is 7.05. The third kappa shape index (κ3) is 6.25. The first-order valence-corrected chi connectivity index (χ1v) is 9.71. The molecule has 0 spiro atoms. The van der Waals surface area contributed by atoms with E-state index in [0.29, 0.717) is 19.4 Å². The smallest absolute Gasteiger partial charge is 0.410 e. The van der Waals surface area contributed by atoms with E-state index in [1.54, 1.807) is 20.8 Å². The molecule has 7 nitrogen and oxygen atoms in total. The molecule has 0 radical (unpaired) electrons. The first-order valence-electron chi connectivity index (χ1n) is 9.71. The summed E-state index contributed by atoms with van der Waals surface area (Å²) in [6, 6.07) is 6.21. The Bertz CT molecular complexity index is 709. The number of piperidine rings is 1. The van der Waals surface area contributed by atoms with Crippen molar-refractivity contribution >= 4 is 17.9 Å². The van der Waals surface area contributed by atoms with Crippen molar-refractivity contribution in [3.8, 4) is 0 Å². The van der Waals surface area contributed by atoms with Gasteiger partial charge >= 0.3 is 6.09 Å². The summed E-state index contributed by atoms with van der Waals surface area (Å²) in [6.45, 7) is 7.79. The second-order valence-corrected chi connectivity index (χ2v) is 8.34. The van der Waals surface area contributed by atoms with Crippen LogP contribution < -0.4 is 11.1 Å². The third-order valence-corrected chi connectivity index (χ3v) is 4.65. The van der Waals surface area contributed by atoms with Crippen molar-refractivity contribution in [3.05, 3.63) is 35.4 Å². The number of nitrogens with one attached hydrogen (secondary N) is 1. The number of hydrogen-bond acceptors (Lipinski definition) is 4. The summed E-state index contributed by atoms with van der Waals surface area (Å²) in [5, 5.41) is 2.73. The van der Waals surface area contributed by atoms with Crippen LogP contribution >= 0.6 is 0 Å². The molecule has 2 rings (SSSR count). The van der Waals surface area contributed by atoms with Gasteiger partial charge in [-0.15, -0.1) is 0 Å². The van der Waals surface area contributed by atoms with E-state index in [2.05, 4.69) is 5.32 Å². The highest BCUT2D eigenvalue weighted by Gasteiger charge is 2.36. The normalized spacial score (nSPS) is 18.3. The fourth-order valence-electron chi connectivity index (χ4n) is 3.19. The van der Waals surface area contributed by atoms with Gasteiger partial charge in [0.2, 0.25) is 11.8 Å². The van der Waals surface area contributed by atoms with Gasteiger partial charge in [0.15, 0.2) is 0 Å². The van der Waals surface area contributed by atoms with Crippen LogP contribution in [0.5, 0.6) is 0 Å². The molecule has 1 fully saturated rings. The van der Waals surface area contributed by atoms with Crippen LogP contribution in [0.2, 0.25) is 0 Å².